The lowest BCUT2D eigenvalue weighted by molar-refractivity contribution is -0.0528. The van der Waals surface area contributed by atoms with Gasteiger partial charge in [0, 0.05) is 31.1 Å². The molecule has 4 aliphatic rings. The monoisotopic (exact) mass is 457 g/mol. The summed E-state index contributed by atoms with van der Waals surface area (Å²) in [5.41, 5.74) is 1.84. The molecule has 0 aromatic carbocycles. The first kappa shape index (κ1) is 20.4. The molecule has 174 valence electrons. The van der Waals surface area contributed by atoms with E-state index in [4.69, 9.17) is 14.2 Å². The first-order valence-electron chi connectivity index (χ1n) is 10.9. The summed E-state index contributed by atoms with van der Waals surface area (Å²) >= 11 is 0. The Bertz CT molecular complexity index is 1180. The van der Waals surface area contributed by atoms with Gasteiger partial charge in [-0.1, -0.05) is 0 Å². The van der Waals surface area contributed by atoms with Gasteiger partial charge in [-0.3, -0.25) is 5.10 Å². The zero-order valence-corrected chi connectivity index (χ0v) is 18.0. The molecule has 7 rings (SSSR count). The van der Waals surface area contributed by atoms with Gasteiger partial charge in [0.25, 0.3) is 0 Å². The average Bonchev–Trinajstić information content (AvgIpc) is 3.44. The number of amides is 1. The number of anilines is 2. The normalized spacial score (nSPS) is 30.0. The molecule has 3 unspecified atom stereocenters. The highest BCUT2D eigenvalue weighted by atomic mass is 19.1. The smallest absolute Gasteiger partial charge is 0.408 e. The van der Waals surface area contributed by atoms with E-state index in [-0.39, 0.29) is 12.1 Å². The predicted molar refractivity (Wildman–Crippen MR) is 113 cm³/mol. The molecular weight excluding hydrogens is 433 g/mol. The van der Waals surface area contributed by atoms with E-state index in [2.05, 4.69) is 30.9 Å². The number of fused-ring (bicyclic) bond motifs is 1. The number of rotatable bonds is 7. The largest absolute Gasteiger partial charge is 0.441 e. The van der Waals surface area contributed by atoms with Crippen LogP contribution in [-0.2, 0) is 20.8 Å². The number of carbonyl (C=O) groups is 1. The number of H-pyrrole nitrogens is 1. The number of alkyl carbamates (subject to hydrolysis) is 1. The van der Waals surface area contributed by atoms with Crippen LogP contribution in [-0.4, -0.2) is 62.4 Å². The van der Waals surface area contributed by atoms with Crippen molar-refractivity contribution >= 4 is 23.2 Å². The Balaban J connectivity index is 1.11. The third-order valence-corrected chi connectivity index (χ3v) is 6.63. The van der Waals surface area contributed by atoms with Crippen molar-refractivity contribution in [3.63, 3.8) is 0 Å². The Labute approximate surface area is 188 Å². The molecule has 11 nitrogen and oxygen atoms in total. The van der Waals surface area contributed by atoms with Crippen molar-refractivity contribution in [2.24, 2.45) is 5.92 Å². The number of nitrogens with one attached hydrogen (secondary N) is 3. The summed E-state index contributed by atoms with van der Waals surface area (Å²) < 4.78 is 32.7. The van der Waals surface area contributed by atoms with Gasteiger partial charge >= 0.3 is 6.09 Å². The van der Waals surface area contributed by atoms with Crippen LogP contribution >= 0.6 is 0 Å². The minimum atomic E-state index is -1.51. The summed E-state index contributed by atoms with van der Waals surface area (Å²) in [5.74, 6) is 1.72. The van der Waals surface area contributed by atoms with E-state index in [0.29, 0.717) is 23.9 Å². The lowest BCUT2D eigenvalue weighted by atomic mass is 9.50. The number of ether oxygens (including phenoxy) is 3. The van der Waals surface area contributed by atoms with Crippen molar-refractivity contribution in [3.8, 4) is 0 Å². The van der Waals surface area contributed by atoms with Crippen LogP contribution in [0.3, 0.4) is 0 Å². The second kappa shape index (κ2) is 7.66. The fourth-order valence-electron chi connectivity index (χ4n) is 4.91. The van der Waals surface area contributed by atoms with E-state index in [9.17, 15) is 4.79 Å². The predicted octanol–water partition coefficient (Wildman–Crippen LogP) is 2.40. The standard InChI is InChI=1S/C21H24FN7O4/c1-31-9-12-4-14-19(23-2-3-29(14)28-12)24-16-5-13(26-27-16)18-17(22)15(10-32-18)33-20(30)25-21-6-11(7-21)8-21/h2-5,11,15,17-18H,6-10H2,1H3,(H,25,30)(H2,23,24,26,27). The second-order valence-corrected chi connectivity index (χ2v) is 9.03. The van der Waals surface area contributed by atoms with Crippen LogP contribution in [0.2, 0.25) is 0 Å². The molecule has 1 saturated heterocycles. The Morgan fingerprint density at radius 2 is 2.24 bits per heavy atom. The maximum Gasteiger partial charge on any atom is 0.408 e. The summed E-state index contributed by atoms with van der Waals surface area (Å²) in [5, 5.41) is 17.4. The van der Waals surface area contributed by atoms with Crippen LogP contribution < -0.4 is 10.6 Å². The number of nitrogens with zero attached hydrogens (tertiary/aromatic N) is 4. The molecule has 3 atom stereocenters. The number of halogens is 1. The highest BCUT2D eigenvalue weighted by Gasteiger charge is 2.58. The summed E-state index contributed by atoms with van der Waals surface area (Å²) in [6.07, 6.45) is 2.36. The van der Waals surface area contributed by atoms with E-state index in [1.54, 1.807) is 30.1 Å². The summed E-state index contributed by atoms with van der Waals surface area (Å²) in [6, 6.07) is 3.52. The third-order valence-electron chi connectivity index (χ3n) is 6.63. The molecule has 3 N–H and O–H groups in total. The van der Waals surface area contributed by atoms with Crippen LogP contribution in [0, 0.1) is 5.92 Å². The van der Waals surface area contributed by atoms with Crippen LogP contribution in [0.4, 0.5) is 20.8 Å². The highest BCUT2D eigenvalue weighted by Crippen LogP contribution is 2.57. The molecule has 3 aromatic rings. The molecule has 1 amide bonds. The van der Waals surface area contributed by atoms with Crippen molar-refractivity contribution < 1.29 is 23.4 Å². The number of methoxy groups -OCH3 is 1. The van der Waals surface area contributed by atoms with Crippen molar-refractivity contribution in [1.29, 1.82) is 0 Å². The Hall–Kier alpha value is -3.25. The second-order valence-electron chi connectivity index (χ2n) is 9.03. The Morgan fingerprint density at radius 3 is 3.00 bits per heavy atom. The van der Waals surface area contributed by atoms with Gasteiger partial charge < -0.3 is 24.8 Å². The van der Waals surface area contributed by atoms with Crippen molar-refractivity contribution in [2.45, 2.75) is 49.8 Å². The van der Waals surface area contributed by atoms with Gasteiger partial charge in [0.15, 0.2) is 23.9 Å². The Kier molecular flexibility index (Phi) is 4.73. The van der Waals surface area contributed by atoms with Crippen LogP contribution in [0.1, 0.15) is 36.8 Å². The van der Waals surface area contributed by atoms with E-state index in [1.165, 1.54) is 0 Å². The van der Waals surface area contributed by atoms with Crippen molar-refractivity contribution in [1.82, 2.24) is 30.1 Å². The van der Waals surface area contributed by atoms with E-state index < -0.39 is 24.5 Å². The number of aromatic amines is 1. The molecule has 3 aliphatic carbocycles. The zero-order chi connectivity index (χ0) is 22.6. The molecule has 2 bridgehead atoms. The molecule has 1 aliphatic heterocycles. The first-order chi connectivity index (χ1) is 16.0. The van der Waals surface area contributed by atoms with Gasteiger partial charge in [0.1, 0.15) is 11.6 Å². The van der Waals surface area contributed by atoms with E-state index in [1.807, 2.05) is 6.07 Å². The van der Waals surface area contributed by atoms with Gasteiger partial charge in [0.2, 0.25) is 0 Å². The number of alkyl halides is 1. The highest BCUT2D eigenvalue weighted by molar-refractivity contribution is 5.72. The van der Waals surface area contributed by atoms with Crippen molar-refractivity contribution in [3.05, 3.63) is 35.9 Å². The maximum atomic E-state index is 15.0. The number of aromatic nitrogens is 5. The molecule has 4 heterocycles. The van der Waals surface area contributed by atoms with Gasteiger partial charge in [-0.25, -0.2) is 18.7 Å². The van der Waals surface area contributed by atoms with Crippen LogP contribution in [0.15, 0.2) is 24.5 Å². The quantitative estimate of drug-likeness (QED) is 0.494. The maximum absolute atomic E-state index is 15.0. The summed E-state index contributed by atoms with van der Waals surface area (Å²) in [6.45, 7) is 0.364. The summed E-state index contributed by atoms with van der Waals surface area (Å²) in [7, 11) is 1.61. The molecular formula is C21H24FN7O4. The minimum Gasteiger partial charge on any atom is -0.441 e. The average molecular weight is 457 g/mol. The zero-order valence-electron chi connectivity index (χ0n) is 18.0. The minimum absolute atomic E-state index is 0.0182. The molecule has 4 fully saturated rings. The fraction of sp³-hybridized carbons (Fsp3) is 0.524. The van der Waals surface area contributed by atoms with E-state index in [0.717, 1.165) is 36.4 Å². The van der Waals surface area contributed by atoms with Crippen LogP contribution in [0.5, 0.6) is 0 Å². The number of hydrogen-bond donors (Lipinski definition) is 3. The summed E-state index contributed by atoms with van der Waals surface area (Å²) in [4.78, 5) is 16.5. The molecule has 0 radical (unpaired) electrons. The van der Waals surface area contributed by atoms with Gasteiger partial charge in [0.05, 0.1) is 24.6 Å². The molecule has 33 heavy (non-hydrogen) atoms. The lowest BCUT2D eigenvalue weighted by Gasteiger charge is -2.61. The SMILES string of the molecule is COCc1cc2c(Nc3cc(C4OCC(OC(=O)NC56CC(C5)C6)C4F)[nH]n3)nccn2n1. The van der Waals surface area contributed by atoms with E-state index >= 15 is 4.39 Å². The topological polar surface area (TPSA) is 128 Å². The first-order valence-corrected chi connectivity index (χ1v) is 10.9. The van der Waals surface area contributed by atoms with Gasteiger partial charge in [-0.2, -0.15) is 10.2 Å². The van der Waals surface area contributed by atoms with Gasteiger partial charge in [-0.15, -0.1) is 0 Å². The third kappa shape index (κ3) is 3.59. The van der Waals surface area contributed by atoms with Gasteiger partial charge in [-0.05, 0) is 31.2 Å². The Morgan fingerprint density at radius 1 is 1.39 bits per heavy atom. The molecule has 3 saturated carbocycles. The number of hydrogen-bond acceptors (Lipinski definition) is 8. The molecule has 12 heteroatoms. The van der Waals surface area contributed by atoms with Crippen molar-refractivity contribution in [2.75, 3.05) is 19.0 Å². The molecule has 3 aromatic heterocycles. The lowest BCUT2D eigenvalue weighted by Crippen LogP contribution is -2.68. The number of carbonyl (C=O) groups excluding carboxylic acids is 1. The fourth-order valence-corrected chi connectivity index (χ4v) is 4.91. The molecule has 0 spiro atoms. The van der Waals surface area contributed by atoms with Crippen LogP contribution in [0.25, 0.3) is 5.52 Å².